The Kier molecular flexibility index (Phi) is 14.2. The van der Waals surface area contributed by atoms with E-state index < -0.39 is 0 Å². The number of nitrogens with one attached hydrogen (secondary N) is 1. The minimum atomic E-state index is -0.169. The number of rotatable bonds is 9. The van der Waals surface area contributed by atoms with Crippen LogP contribution in [0.5, 0.6) is 0 Å². The largest absolute Gasteiger partial charge is 0.380 e. The summed E-state index contributed by atoms with van der Waals surface area (Å²) < 4.78 is 5.06. The lowest BCUT2D eigenvalue weighted by Crippen LogP contribution is -2.37. The quantitative estimate of drug-likeness (QED) is 0.629. The van der Waals surface area contributed by atoms with Crippen molar-refractivity contribution in [2.75, 3.05) is 25.2 Å². The summed E-state index contributed by atoms with van der Waals surface area (Å²) in [5, 5.41) is 2.95. The molecule has 17 heavy (non-hydrogen) atoms. The van der Waals surface area contributed by atoms with Crippen molar-refractivity contribution >= 4 is 30.1 Å². The third-order valence-corrected chi connectivity index (χ3v) is 3.25. The van der Waals surface area contributed by atoms with Crippen molar-refractivity contribution in [1.29, 1.82) is 0 Å². The van der Waals surface area contributed by atoms with Gasteiger partial charge in [0, 0.05) is 19.7 Å². The van der Waals surface area contributed by atoms with Crippen LogP contribution in [-0.2, 0) is 9.53 Å². The van der Waals surface area contributed by atoms with Crippen molar-refractivity contribution in [3.05, 3.63) is 0 Å². The maximum absolute atomic E-state index is 11.6. The summed E-state index contributed by atoms with van der Waals surface area (Å²) in [4.78, 5) is 11.6. The summed E-state index contributed by atoms with van der Waals surface area (Å²) in [5.74, 6) is 2.23. The highest BCUT2D eigenvalue weighted by Crippen LogP contribution is 2.04. The molecule has 0 bridgehead atoms. The Labute approximate surface area is 115 Å². The van der Waals surface area contributed by atoms with Gasteiger partial charge in [-0.3, -0.25) is 4.79 Å². The number of methoxy groups -OCH3 is 1. The molecule has 0 rings (SSSR count). The fourth-order valence-corrected chi connectivity index (χ4v) is 2.09. The van der Waals surface area contributed by atoms with Crippen LogP contribution < -0.4 is 11.1 Å². The van der Waals surface area contributed by atoms with Crippen LogP contribution in [0, 0.1) is 0 Å². The second kappa shape index (κ2) is 12.5. The van der Waals surface area contributed by atoms with E-state index in [0.717, 1.165) is 17.9 Å². The first-order chi connectivity index (χ1) is 7.63. The van der Waals surface area contributed by atoms with Crippen LogP contribution >= 0.6 is 24.2 Å². The molecule has 0 aliphatic rings. The molecule has 0 heterocycles. The molecule has 0 radical (unpaired) electrons. The normalized spacial score (nSPS) is 13.6. The van der Waals surface area contributed by atoms with Gasteiger partial charge in [-0.05, 0) is 24.9 Å². The Morgan fingerprint density at radius 2 is 2.18 bits per heavy atom. The smallest absolute Gasteiger partial charge is 0.222 e. The number of halogens is 1. The Morgan fingerprint density at radius 3 is 2.65 bits per heavy atom. The molecule has 104 valence electrons. The number of ether oxygens (including phenoxy) is 1. The summed E-state index contributed by atoms with van der Waals surface area (Å²) in [7, 11) is 1.58. The Hall–Kier alpha value is 0.0300. The van der Waals surface area contributed by atoms with Crippen molar-refractivity contribution in [1.82, 2.24) is 5.32 Å². The average Bonchev–Trinajstić information content (AvgIpc) is 2.26. The molecule has 0 saturated heterocycles. The zero-order chi connectivity index (χ0) is 12.4. The molecular weight excluding hydrogens is 260 g/mol. The monoisotopic (exact) mass is 284 g/mol. The van der Waals surface area contributed by atoms with Crippen LogP contribution in [0.15, 0.2) is 0 Å². The molecule has 2 unspecified atom stereocenters. The van der Waals surface area contributed by atoms with Gasteiger partial charge in [0.1, 0.15) is 0 Å². The van der Waals surface area contributed by atoms with E-state index in [1.54, 1.807) is 7.11 Å². The fourth-order valence-electron chi connectivity index (χ4n) is 1.28. The van der Waals surface area contributed by atoms with E-state index in [1.165, 1.54) is 0 Å². The van der Waals surface area contributed by atoms with E-state index in [1.807, 2.05) is 18.7 Å². The molecule has 0 aromatic heterocycles. The summed E-state index contributed by atoms with van der Waals surface area (Å²) in [6.45, 7) is 4.54. The fraction of sp³-hybridized carbons (Fsp3) is 0.909. The molecule has 0 aromatic rings. The maximum Gasteiger partial charge on any atom is 0.222 e. The number of hydrogen-bond acceptors (Lipinski definition) is 4. The lowest BCUT2D eigenvalue weighted by atomic mass is 10.2. The van der Waals surface area contributed by atoms with Gasteiger partial charge < -0.3 is 15.8 Å². The van der Waals surface area contributed by atoms with Gasteiger partial charge in [-0.2, -0.15) is 11.8 Å². The Balaban J connectivity index is 0. The maximum atomic E-state index is 11.6. The highest BCUT2D eigenvalue weighted by molar-refractivity contribution is 7.99. The molecule has 0 fully saturated rings. The Morgan fingerprint density at radius 1 is 1.53 bits per heavy atom. The molecule has 3 N–H and O–H groups in total. The summed E-state index contributed by atoms with van der Waals surface area (Å²) >= 11 is 1.89. The number of carbonyl (C=O) groups excluding carboxylic acids is 1. The number of thioether (sulfide) groups is 1. The van der Waals surface area contributed by atoms with Gasteiger partial charge in [0.05, 0.1) is 12.5 Å². The van der Waals surface area contributed by atoms with Crippen molar-refractivity contribution in [2.45, 2.75) is 38.8 Å². The molecule has 1 amide bonds. The zero-order valence-corrected chi connectivity index (χ0v) is 12.5. The van der Waals surface area contributed by atoms with Crippen molar-refractivity contribution in [3.63, 3.8) is 0 Å². The van der Waals surface area contributed by atoms with E-state index >= 15 is 0 Å². The minimum Gasteiger partial charge on any atom is -0.380 e. The van der Waals surface area contributed by atoms with Gasteiger partial charge in [-0.1, -0.05) is 6.92 Å². The van der Waals surface area contributed by atoms with Crippen LogP contribution in [0.1, 0.15) is 26.7 Å². The SMILES string of the molecule is CCSCCC(C)NC(=O)CC(CN)OC.Cl. The summed E-state index contributed by atoms with van der Waals surface area (Å²) in [6.07, 6.45) is 1.18. The van der Waals surface area contributed by atoms with Gasteiger partial charge in [0.2, 0.25) is 5.91 Å². The second-order valence-electron chi connectivity index (χ2n) is 3.75. The summed E-state index contributed by atoms with van der Waals surface area (Å²) in [6, 6.07) is 0.224. The number of amides is 1. The molecule has 4 nitrogen and oxygen atoms in total. The zero-order valence-electron chi connectivity index (χ0n) is 10.9. The van der Waals surface area contributed by atoms with Crippen LogP contribution in [0.3, 0.4) is 0 Å². The third kappa shape index (κ3) is 10.9. The van der Waals surface area contributed by atoms with Crippen LogP contribution in [0.25, 0.3) is 0 Å². The lowest BCUT2D eigenvalue weighted by molar-refractivity contribution is -0.124. The van der Waals surface area contributed by atoms with E-state index in [9.17, 15) is 4.79 Å². The van der Waals surface area contributed by atoms with Crippen LogP contribution in [0.2, 0.25) is 0 Å². The summed E-state index contributed by atoms with van der Waals surface area (Å²) in [5.41, 5.74) is 5.45. The Bertz CT molecular complexity index is 192. The molecule has 2 atom stereocenters. The van der Waals surface area contributed by atoms with E-state index in [0.29, 0.717) is 13.0 Å². The number of hydrogen-bond donors (Lipinski definition) is 2. The molecule has 6 heteroatoms. The van der Waals surface area contributed by atoms with Crippen LogP contribution in [-0.4, -0.2) is 43.2 Å². The number of nitrogens with two attached hydrogens (primary N) is 1. The third-order valence-electron chi connectivity index (χ3n) is 2.32. The van der Waals surface area contributed by atoms with E-state index in [4.69, 9.17) is 10.5 Å². The standard InChI is InChI=1S/C11H24N2O2S.ClH/c1-4-16-6-5-9(2)13-11(14)7-10(8-12)15-3;/h9-10H,4-8,12H2,1-3H3,(H,13,14);1H. The topological polar surface area (TPSA) is 64.4 Å². The first kappa shape index (κ1) is 19.4. The van der Waals surface area contributed by atoms with Crippen LogP contribution in [0.4, 0.5) is 0 Å². The van der Waals surface area contributed by atoms with E-state index in [2.05, 4.69) is 12.2 Å². The van der Waals surface area contributed by atoms with E-state index in [-0.39, 0.29) is 30.5 Å². The van der Waals surface area contributed by atoms with Gasteiger partial charge in [0.25, 0.3) is 0 Å². The highest BCUT2D eigenvalue weighted by Gasteiger charge is 2.13. The molecular formula is C11H25ClN2O2S. The van der Waals surface area contributed by atoms with Gasteiger partial charge >= 0.3 is 0 Å². The molecule has 0 aliphatic heterocycles. The van der Waals surface area contributed by atoms with Gasteiger partial charge in [0.15, 0.2) is 0 Å². The van der Waals surface area contributed by atoms with Gasteiger partial charge in [-0.15, -0.1) is 12.4 Å². The molecule has 0 aliphatic carbocycles. The van der Waals surface area contributed by atoms with Crippen molar-refractivity contribution < 1.29 is 9.53 Å². The first-order valence-electron chi connectivity index (χ1n) is 5.74. The lowest BCUT2D eigenvalue weighted by Gasteiger charge is -2.16. The highest BCUT2D eigenvalue weighted by atomic mass is 35.5. The average molecular weight is 285 g/mol. The predicted molar refractivity (Wildman–Crippen MR) is 76.9 cm³/mol. The molecule has 0 spiro atoms. The minimum absolute atomic E-state index is 0. The molecule has 0 aromatic carbocycles. The first-order valence-corrected chi connectivity index (χ1v) is 6.89. The molecule has 0 saturated carbocycles. The predicted octanol–water partition coefficient (Wildman–Crippen LogP) is 1.42. The van der Waals surface area contributed by atoms with Crippen molar-refractivity contribution in [2.24, 2.45) is 5.73 Å². The van der Waals surface area contributed by atoms with Gasteiger partial charge in [-0.25, -0.2) is 0 Å². The number of carbonyl (C=O) groups is 1. The second-order valence-corrected chi connectivity index (χ2v) is 5.15. The van der Waals surface area contributed by atoms with Crippen molar-refractivity contribution in [3.8, 4) is 0 Å².